The maximum atomic E-state index is 11.6. The number of fused-ring (bicyclic) bond motifs is 1. The molecule has 1 aliphatic rings. The zero-order valence-electron chi connectivity index (χ0n) is 10.3. The number of thiophene rings is 1. The van der Waals surface area contributed by atoms with Crippen LogP contribution in [0.25, 0.3) is 0 Å². The van der Waals surface area contributed by atoms with E-state index < -0.39 is 5.91 Å². The maximum absolute atomic E-state index is 11.6. The molecular weight excluding hydrogens is 248 g/mol. The summed E-state index contributed by atoms with van der Waals surface area (Å²) in [5.74, 6) is -0.734. The first-order valence-electron chi connectivity index (χ1n) is 5.92. The maximum Gasteiger partial charge on any atom is 0.251 e. The van der Waals surface area contributed by atoms with Gasteiger partial charge in [0.2, 0.25) is 0 Å². The van der Waals surface area contributed by atoms with Gasteiger partial charge in [-0.3, -0.25) is 9.59 Å². The molecule has 96 valence electrons. The molecule has 0 aromatic carbocycles. The summed E-state index contributed by atoms with van der Waals surface area (Å²) in [7, 11) is 0. The third-order valence-electron chi connectivity index (χ3n) is 3.03. The zero-order valence-corrected chi connectivity index (χ0v) is 11.2. The number of anilines is 1. The number of primary amides is 1. The summed E-state index contributed by atoms with van der Waals surface area (Å²) in [6, 6.07) is 0. The molecule has 5 heteroatoms. The molecule has 18 heavy (non-hydrogen) atoms. The van der Waals surface area contributed by atoms with Crippen LogP contribution in [0.3, 0.4) is 0 Å². The highest BCUT2D eigenvalue weighted by Crippen LogP contribution is 2.37. The van der Waals surface area contributed by atoms with Gasteiger partial charge in [-0.25, -0.2) is 0 Å². The number of aryl methyl sites for hydroxylation is 1. The van der Waals surface area contributed by atoms with Gasteiger partial charge in [0.1, 0.15) is 5.00 Å². The number of nitrogens with two attached hydrogens (primary N) is 1. The van der Waals surface area contributed by atoms with E-state index in [9.17, 15) is 9.59 Å². The second-order valence-electron chi connectivity index (χ2n) is 4.51. The minimum atomic E-state index is -0.466. The highest BCUT2D eigenvalue weighted by atomic mass is 32.1. The molecule has 1 aromatic heterocycles. The molecule has 0 fully saturated rings. The molecule has 0 spiro atoms. The van der Waals surface area contributed by atoms with E-state index in [0.717, 1.165) is 31.2 Å². The third-order valence-corrected chi connectivity index (χ3v) is 4.24. The second kappa shape index (κ2) is 4.94. The minimum absolute atomic E-state index is 0.268. The van der Waals surface area contributed by atoms with Crippen molar-refractivity contribution in [3.8, 4) is 0 Å². The largest absolute Gasteiger partial charge is 0.365 e. The molecule has 0 bridgehead atoms. The lowest BCUT2D eigenvalue weighted by molar-refractivity contribution is -0.112. The Labute approximate surface area is 110 Å². The number of hydrogen-bond acceptors (Lipinski definition) is 3. The van der Waals surface area contributed by atoms with E-state index in [1.54, 1.807) is 6.92 Å². The van der Waals surface area contributed by atoms with Crippen molar-refractivity contribution in [2.75, 3.05) is 5.32 Å². The first-order valence-corrected chi connectivity index (χ1v) is 6.73. The first-order chi connectivity index (χ1) is 8.50. The van der Waals surface area contributed by atoms with Gasteiger partial charge in [0.25, 0.3) is 11.8 Å². The van der Waals surface area contributed by atoms with Crippen LogP contribution in [0.4, 0.5) is 5.00 Å². The van der Waals surface area contributed by atoms with Crippen molar-refractivity contribution in [3.63, 3.8) is 0 Å². The number of carbonyl (C=O) groups excluding carboxylic acids is 2. The van der Waals surface area contributed by atoms with E-state index >= 15 is 0 Å². The van der Waals surface area contributed by atoms with Crippen LogP contribution >= 0.6 is 11.3 Å². The van der Waals surface area contributed by atoms with E-state index in [4.69, 9.17) is 5.73 Å². The smallest absolute Gasteiger partial charge is 0.251 e. The molecule has 3 N–H and O–H groups in total. The Kier molecular flexibility index (Phi) is 3.52. The van der Waals surface area contributed by atoms with Crippen LogP contribution in [0, 0.1) is 0 Å². The van der Waals surface area contributed by atoms with Crippen LogP contribution in [-0.4, -0.2) is 11.8 Å². The molecule has 2 rings (SSSR count). The summed E-state index contributed by atoms with van der Waals surface area (Å²) in [5, 5.41) is 3.30. The van der Waals surface area contributed by atoms with Gasteiger partial charge in [-0.05, 0) is 38.2 Å². The van der Waals surface area contributed by atoms with Crippen molar-refractivity contribution in [1.82, 2.24) is 0 Å². The van der Waals surface area contributed by atoms with Crippen molar-refractivity contribution in [3.05, 3.63) is 28.2 Å². The number of amides is 2. The number of rotatable bonds is 3. The predicted octanol–water partition coefficient (Wildman–Crippen LogP) is 2.24. The fourth-order valence-corrected chi connectivity index (χ4v) is 3.41. The minimum Gasteiger partial charge on any atom is -0.365 e. The predicted molar refractivity (Wildman–Crippen MR) is 72.9 cm³/mol. The second-order valence-corrected chi connectivity index (χ2v) is 5.62. The molecule has 0 unspecified atom stereocenters. The quantitative estimate of drug-likeness (QED) is 0.822. The van der Waals surface area contributed by atoms with E-state index in [2.05, 4.69) is 11.9 Å². The van der Waals surface area contributed by atoms with Gasteiger partial charge < -0.3 is 11.1 Å². The molecular formula is C13H16N2O2S. The number of nitrogens with one attached hydrogen (secondary N) is 1. The summed E-state index contributed by atoms with van der Waals surface area (Å²) < 4.78 is 0. The molecule has 4 nitrogen and oxygen atoms in total. The Morgan fingerprint density at radius 1 is 1.33 bits per heavy atom. The molecule has 1 heterocycles. The van der Waals surface area contributed by atoms with E-state index in [-0.39, 0.29) is 5.91 Å². The van der Waals surface area contributed by atoms with E-state index in [1.807, 2.05) is 0 Å². The molecule has 1 aliphatic carbocycles. The van der Waals surface area contributed by atoms with Crippen LogP contribution in [0.15, 0.2) is 12.2 Å². The van der Waals surface area contributed by atoms with Gasteiger partial charge in [-0.15, -0.1) is 11.3 Å². The summed E-state index contributed by atoms with van der Waals surface area (Å²) >= 11 is 1.46. The first kappa shape index (κ1) is 12.8. The lowest BCUT2D eigenvalue weighted by Crippen LogP contribution is -2.18. The average Bonchev–Trinajstić information content (AvgIpc) is 2.66. The van der Waals surface area contributed by atoms with Gasteiger partial charge in [0.15, 0.2) is 0 Å². The summed E-state index contributed by atoms with van der Waals surface area (Å²) in [6.45, 7) is 5.22. The average molecular weight is 264 g/mol. The summed E-state index contributed by atoms with van der Waals surface area (Å²) in [5.41, 5.74) is 7.36. The topological polar surface area (TPSA) is 72.2 Å². The van der Waals surface area contributed by atoms with Crippen LogP contribution < -0.4 is 11.1 Å². The highest BCUT2D eigenvalue weighted by Gasteiger charge is 2.24. The molecule has 0 saturated carbocycles. The molecule has 2 amide bonds. The fourth-order valence-electron chi connectivity index (χ4n) is 2.12. The van der Waals surface area contributed by atoms with Crippen LogP contribution in [-0.2, 0) is 17.6 Å². The highest BCUT2D eigenvalue weighted by molar-refractivity contribution is 7.17. The van der Waals surface area contributed by atoms with Crippen LogP contribution in [0.2, 0.25) is 0 Å². The Morgan fingerprint density at radius 2 is 2.00 bits per heavy atom. The molecule has 0 saturated heterocycles. The summed E-state index contributed by atoms with van der Waals surface area (Å²) in [6.07, 6.45) is 4.02. The normalized spacial score (nSPS) is 13.8. The Morgan fingerprint density at radius 3 is 2.61 bits per heavy atom. The van der Waals surface area contributed by atoms with Crippen LogP contribution in [0.5, 0.6) is 0 Å². The zero-order chi connectivity index (χ0) is 13.3. The molecule has 0 aliphatic heterocycles. The van der Waals surface area contributed by atoms with Crippen molar-refractivity contribution < 1.29 is 9.59 Å². The van der Waals surface area contributed by atoms with Gasteiger partial charge in [0.05, 0.1) is 5.56 Å². The SMILES string of the molecule is C=C(C)C(=O)Nc1sc2c(c1C(N)=O)CCCC2. The Hall–Kier alpha value is -1.62. The van der Waals surface area contributed by atoms with Crippen LogP contribution in [0.1, 0.15) is 40.6 Å². The van der Waals surface area contributed by atoms with Gasteiger partial charge in [0, 0.05) is 10.5 Å². The molecule has 0 radical (unpaired) electrons. The van der Waals surface area contributed by atoms with Crippen molar-refractivity contribution >= 4 is 28.2 Å². The standard InChI is InChI=1S/C13H16N2O2S/c1-7(2)12(17)15-13-10(11(14)16)8-5-3-4-6-9(8)18-13/h1,3-6H2,2H3,(H2,14,16)(H,15,17). The lowest BCUT2D eigenvalue weighted by Gasteiger charge is -2.11. The monoisotopic (exact) mass is 264 g/mol. The summed E-state index contributed by atoms with van der Waals surface area (Å²) in [4.78, 5) is 24.4. The number of carbonyl (C=O) groups is 2. The van der Waals surface area contributed by atoms with Crippen molar-refractivity contribution in [2.45, 2.75) is 32.6 Å². The van der Waals surface area contributed by atoms with E-state index in [1.165, 1.54) is 16.2 Å². The van der Waals surface area contributed by atoms with Gasteiger partial charge in [-0.1, -0.05) is 6.58 Å². The molecule has 0 atom stereocenters. The van der Waals surface area contributed by atoms with Crippen molar-refractivity contribution in [1.29, 1.82) is 0 Å². The van der Waals surface area contributed by atoms with Gasteiger partial charge in [-0.2, -0.15) is 0 Å². The lowest BCUT2D eigenvalue weighted by atomic mass is 9.95. The molecule has 1 aromatic rings. The Bertz CT molecular complexity index is 531. The third kappa shape index (κ3) is 2.31. The fraction of sp³-hybridized carbons (Fsp3) is 0.385. The Balaban J connectivity index is 2.40. The number of hydrogen-bond donors (Lipinski definition) is 2. The van der Waals surface area contributed by atoms with E-state index in [0.29, 0.717) is 16.1 Å². The van der Waals surface area contributed by atoms with Gasteiger partial charge >= 0.3 is 0 Å². The van der Waals surface area contributed by atoms with Crippen molar-refractivity contribution in [2.24, 2.45) is 5.73 Å².